The molecule has 1 aromatic carbocycles. The number of halogens is 1. The SMILES string of the molecule is C[C@@H](c1ccon1)N(C)C(=O)c1ccc(Cl)cc1OCCCN. The van der Waals surface area contributed by atoms with Gasteiger partial charge in [0.15, 0.2) is 0 Å². The second kappa shape index (κ2) is 7.99. The average Bonchev–Trinajstić information content (AvgIpc) is 3.08. The van der Waals surface area contributed by atoms with Crippen LogP contribution in [0.25, 0.3) is 0 Å². The topological polar surface area (TPSA) is 81.6 Å². The Hall–Kier alpha value is -2.05. The summed E-state index contributed by atoms with van der Waals surface area (Å²) in [6.07, 6.45) is 2.18. The molecule has 2 rings (SSSR count). The molecule has 2 aromatic rings. The van der Waals surface area contributed by atoms with E-state index >= 15 is 0 Å². The first-order valence-electron chi connectivity index (χ1n) is 7.34. The normalized spacial score (nSPS) is 12.0. The van der Waals surface area contributed by atoms with Crippen molar-refractivity contribution in [3.05, 3.63) is 46.8 Å². The Morgan fingerprint density at radius 3 is 2.91 bits per heavy atom. The summed E-state index contributed by atoms with van der Waals surface area (Å²) in [5.74, 6) is 0.273. The molecule has 124 valence electrons. The molecule has 7 heteroatoms. The number of aromatic nitrogens is 1. The van der Waals surface area contributed by atoms with Crippen LogP contribution >= 0.6 is 11.6 Å². The van der Waals surface area contributed by atoms with Crippen LogP contribution in [0, 0.1) is 0 Å². The maximum Gasteiger partial charge on any atom is 0.257 e. The maximum atomic E-state index is 12.8. The number of hydrogen-bond acceptors (Lipinski definition) is 5. The number of carbonyl (C=O) groups excluding carboxylic acids is 1. The van der Waals surface area contributed by atoms with Crippen molar-refractivity contribution < 1.29 is 14.1 Å². The number of carbonyl (C=O) groups is 1. The van der Waals surface area contributed by atoms with Gasteiger partial charge in [-0.05, 0) is 38.1 Å². The summed E-state index contributed by atoms with van der Waals surface area (Å²) in [5.41, 5.74) is 6.59. The lowest BCUT2D eigenvalue weighted by atomic mass is 10.1. The van der Waals surface area contributed by atoms with Crippen molar-refractivity contribution in [2.45, 2.75) is 19.4 Å². The highest BCUT2D eigenvalue weighted by Gasteiger charge is 2.23. The van der Waals surface area contributed by atoms with Crippen molar-refractivity contribution in [2.24, 2.45) is 5.73 Å². The molecule has 1 amide bonds. The van der Waals surface area contributed by atoms with Crippen LogP contribution in [-0.4, -0.2) is 36.2 Å². The third-order valence-corrected chi connectivity index (χ3v) is 3.80. The Kier molecular flexibility index (Phi) is 6.01. The molecule has 23 heavy (non-hydrogen) atoms. The Morgan fingerprint density at radius 1 is 1.48 bits per heavy atom. The van der Waals surface area contributed by atoms with Gasteiger partial charge < -0.3 is 19.9 Å². The predicted octanol–water partition coefficient (Wildman–Crippen LogP) is 2.89. The minimum absolute atomic E-state index is 0.181. The van der Waals surface area contributed by atoms with E-state index in [0.717, 1.165) is 0 Å². The number of nitrogens with zero attached hydrogens (tertiary/aromatic N) is 2. The molecule has 1 heterocycles. The number of nitrogens with two attached hydrogens (primary N) is 1. The lowest BCUT2D eigenvalue weighted by Gasteiger charge is -2.24. The van der Waals surface area contributed by atoms with Crippen molar-refractivity contribution in [1.82, 2.24) is 10.1 Å². The number of hydrogen-bond donors (Lipinski definition) is 1. The van der Waals surface area contributed by atoms with Gasteiger partial charge in [0, 0.05) is 18.1 Å². The van der Waals surface area contributed by atoms with Crippen molar-refractivity contribution >= 4 is 17.5 Å². The van der Waals surface area contributed by atoms with Gasteiger partial charge in [-0.2, -0.15) is 0 Å². The van der Waals surface area contributed by atoms with Gasteiger partial charge in [0.25, 0.3) is 5.91 Å². The predicted molar refractivity (Wildman–Crippen MR) is 87.6 cm³/mol. The summed E-state index contributed by atoms with van der Waals surface area (Å²) in [6.45, 7) is 2.83. The fourth-order valence-electron chi connectivity index (χ4n) is 2.06. The van der Waals surface area contributed by atoms with E-state index in [1.807, 2.05) is 6.92 Å². The van der Waals surface area contributed by atoms with E-state index in [-0.39, 0.29) is 11.9 Å². The molecule has 0 saturated heterocycles. The molecule has 6 nitrogen and oxygen atoms in total. The van der Waals surface area contributed by atoms with Crippen LogP contribution in [0.2, 0.25) is 5.02 Å². The van der Waals surface area contributed by atoms with E-state index in [0.29, 0.717) is 41.6 Å². The maximum absolute atomic E-state index is 12.8. The molecular formula is C16H20ClN3O3. The first-order valence-corrected chi connectivity index (χ1v) is 7.72. The first kappa shape index (κ1) is 17.3. The molecule has 0 aliphatic carbocycles. The van der Waals surface area contributed by atoms with Crippen LogP contribution in [0.5, 0.6) is 5.75 Å². The Morgan fingerprint density at radius 2 is 2.26 bits per heavy atom. The van der Waals surface area contributed by atoms with Crippen LogP contribution in [0.15, 0.2) is 35.1 Å². The van der Waals surface area contributed by atoms with Crippen LogP contribution in [0.1, 0.15) is 35.4 Å². The van der Waals surface area contributed by atoms with E-state index in [4.69, 9.17) is 26.6 Å². The molecule has 2 N–H and O–H groups in total. The third kappa shape index (κ3) is 4.24. The smallest absolute Gasteiger partial charge is 0.257 e. The van der Waals surface area contributed by atoms with E-state index < -0.39 is 0 Å². The van der Waals surface area contributed by atoms with Crippen molar-refractivity contribution in [2.75, 3.05) is 20.2 Å². The third-order valence-electron chi connectivity index (χ3n) is 3.57. The number of amides is 1. The molecule has 0 aliphatic heterocycles. The highest BCUT2D eigenvalue weighted by Crippen LogP contribution is 2.27. The van der Waals surface area contributed by atoms with Crippen molar-refractivity contribution in [3.8, 4) is 5.75 Å². The van der Waals surface area contributed by atoms with Gasteiger partial charge in [-0.25, -0.2) is 0 Å². The van der Waals surface area contributed by atoms with Crippen LogP contribution in [0.3, 0.4) is 0 Å². The van der Waals surface area contributed by atoms with Gasteiger partial charge in [0.1, 0.15) is 17.7 Å². The number of rotatable bonds is 7. The second-order valence-corrected chi connectivity index (χ2v) is 5.58. The average molecular weight is 338 g/mol. The molecule has 0 radical (unpaired) electrons. The highest BCUT2D eigenvalue weighted by atomic mass is 35.5. The van der Waals surface area contributed by atoms with Crippen LogP contribution < -0.4 is 10.5 Å². The molecule has 0 aliphatic rings. The van der Waals surface area contributed by atoms with Gasteiger partial charge in [-0.15, -0.1) is 0 Å². The zero-order valence-corrected chi connectivity index (χ0v) is 13.9. The quantitative estimate of drug-likeness (QED) is 0.785. The van der Waals surface area contributed by atoms with E-state index in [1.165, 1.54) is 6.26 Å². The highest BCUT2D eigenvalue weighted by molar-refractivity contribution is 6.30. The van der Waals surface area contributed by atoms with Gasteiger partial charge in [-0.3, -0.25) is 4.79 Å². The number of ether oxygens (including phenoxy) is 1. The lowest BCUT2D eigenvalue weighted by Crippen LogP contribution is -2.30. The Balaban J connectivity index is 2.20. The summed E-state index contributed by atoms with van der Waals surface area (Å²) in [5, 5.41) is 4.39. The molecule has 0 bridgehead atoms. The monoisotopic (exact) mass is 337 g/mol. The number of benzene rings is 1. The zero-order valence-electron chi connectivity index (χ0n) is 13.2. The summed E-state index contributed by atoms with van der Waals surface area (Å²) in [6, 6.07) is 6.47. The summed E-state index contributed by atoms with van der Waals surface area (Å²) < 4.78 is 10.5. The Labute approximate surface area is 140 Å². The zero-order chi connectivity index (χ0) is 16.8. The molecule has 1 aromatic heterocycles. The standard InChI is InChI=1S/C16H20ClN3O3/c1-11(14-6-9-23-19-14)20(2)16(21)13-5-4-12(17)10-15(13)22-8-3-7-18/h4-6,9-11H,3,7-8,18H2,1-2H3/t11-/m0/s1. The minimum Gasteiger partial charge on any atom is -0.493 e. The van der Waals surface area contributed by atoms with E-state index in [2.05, 4.69) is 5.16 Å². The largest absolute Gasteiger partial charge is 0.493 e. The van der Waals surface area contributed by atoms with Gasteiger partial charge in [0.05, 0.1) is 18.2 Å². The van der Waals surface area contributed by atoms with Crippen LogP contribution in [0.4, 0.5) is 0 Å². The molecule has 0 fully saturated rings. The van der Waals surface area contributed by atoms with Crippen molar-refractivity contribution in [3.63, 3.8) is 0 Å². The summed E-state index contributed by atoms with van der Waals surface area (Å²) >= 11 is 6.01. The van der Waals surface area contributed by atoms with Crippen molar-refractivity contribution in [1.29, 1.82) is 0 Å². The fourth-order valence-corrected chi connectivity index (χ4v) is 2.22. The molecular weight excluding hydrogens is 318 g/mol. The molecule has 0 spiro atoms. The fraction of sp³-hybridized carbons (Fsp3) is 0.375. The van der Waals surface area contributed by atoms with E-state index in [9.17, 15) is 4.79 Å². The molecule has 0 unspecified atom stereocenters. The molecule has 0 saturated carbocycles. The first-order chi connectivity index (χ1) is 11.0. The van der Waals surface area contributed by atoms with Gasteiger partial charge >= 0.3 is 0 Å². The van der Waals surface area contributed by atoms with Crippen LogP contribution in [-0.2, 0) is 0 Å². The second-order valence-electron chi connectivity index (χ2n) is 5.15. The lowest BCUT2D eigenvalue weighted by molar-refractivity contribution is 0.0733. The van der Waals surface area contributed by atoms with Gasteiger partial charge in [0.2, 0.25) is 0 Å². The van der Waals surface area contributed by atoms with Gasteiger partial charge in [-0.1, -0.05) is 16.8 Å². The Bertz CT molecular complexity index is 646. The summed E-state index contributed by atoms with van der Waals surface area (Å²) in [4.78, 5) is 14.3. The van der Waals surface area contributed by atoms with E-state index in [1.54, 1.807) is 36.2 Å². The summed E-state index contributed by atoms with van der Waals surface area (Å²) in [7, 11) is 1.71. The minimum atomic E-state index is -0.228. The molecule has 1 atom stereocenters.